The monoisotopic (exact) mass is 340 g/mol. The van der Waals surface area contributed by atoms with Gasteiger partial charge in [-0.1, -0.05) is 36.4 Å². The molecule has 0 bridgehead atoms. The molecular formula is C6H8Br2Ru. The Morgan fingerprint density at radius 1 is 0.444 bits per heavy atom. The second-order valence-electron chi connectivity index (χ2n) is 1.15. The maximum Gasteiger partial charge on any atom is 0 e. The Balaban J connectivity index is -0.000000120. The standard InChI is InChI=1S/C6H6.2BrH.Ru/c1-2-4-6-5-3-1;;;/h1-6H;2*1H;. The van der Waals surface area contributed by atoms with Crippen LogP contribution in [-0.2, 0) is 19.5 Å². The molecule has 0 unspecified atom stereocenters. The normalized spacial score (nSPS) is 5.33. The number of rotatable bonds is 0. The van der Waals surface area contributed by atoms with Crippen molar-refractivity contribution in [3.8, 4) is 0 Å². The van der Waals surface area contributed by atoms with Crippen LogP contribution in [0.25, 0.3) is 0 Å². The molecular weight excluding hydrogens is 333 g/mol. The average Bonchev–Trinajstić information content (AvgIpc) is 1.72. The molecule has 0 atom stereocenters. The first-order chi connectivity index (χ1) is 3.00. The molecule has 0 radical (unpaired) electrons. The van der Waals surface area contributed by atoms with Gasteiger partial charge in [-0.2, -0.15) is 0 Å². The van der Waals surface area contributed by atoms with E-state index in [1.807, 2.05) is 36.4 Å². The summed E-state index contributed by atoms with van der Waals surface area (Å²) in [5.74, 6) is 0. The molecule has 0 aromatic heterocycles. The molecule has 1 rings (SSSR count). The van der Waals surface area contributed by atoms with Gasteiger partial charge in [-0.15, -0.1) is 34.0 Å². The van der Waals surface area contributed by atoms with E-state index in [4.69, 9.17) is 0 Å². The van der Waals surface area contributed by atoms with Crippen molar-refractivity contribution in [2.75, 3.05) is 0 Å². The number of benzene rings is 1. The van der Waals surface area contributed by atoms with Gasteiger partial charge < -0.3 is 0 Å². The van der Waals surface area contributed by atoms with Crippen LogP contribution in [0.1, 0.15) is 0 Å². The molecule has 0 fully saturated rings. The molecule has 0 saturated carbocycles. The Kier molecular flexibility index (Phi) is 21.1. The number of hydrogen-bond acceptors (Lipinski definition) is 0. The van der Waals surface area contributed by atoms with E-state index in [1.165, 1.54) is 0 Å². The molecule has 3 heteroatoms. The predicted molar refractivity (Wildman–Crippen MR) is 47.1 cm³/mol. The number of halogens is 2. The summed E-state index contributed by atoms with van der Waals surface area (Å²) in [5, 5.41) is 0. The fraction of sp³-hybridized carbons (Fsp3) is 0. The third kappa shape index (κ3) is 8.80. The topological polar surface area (TPSA) is 0 Å². The minimum absolute atomic E-state index is 0. The van der Waals surface area contributed by atoms with Crippen LogP contribution >= 0.6 is 34.0 Å². The van der Waals surface area contributed by atoms with E-state index < -0.39 is 0 Å². The molecule has 1 aromatic rings. The van der Waals surface area contributed by atoms with Gasteiger partial charge in [0, 0.05) is 19.5 Å². The van der Waals surface area contributed by atoms with Crippen molar-refractivity contribution in [2.24, 2.45) is 0 Å². The SMILES string of the molecule is Br.Br.[Ru].c1ccccc1. The summed E-state index contributed by atoms with van der Waals surface area (Å²) in [4.78, 5) is 0. The van der Waals surface area contributed by atoms with Gasteiger partial charge in [-0.05, 0) is 0 Å². The molecule has 0 amide bonds. The molecule has 0 heterocycles. The van der Waals surface area contributed by atoms with E-state index in [0.29, 0.717) is 0 Å². The summed E-state index contributed by atoms with van der Waals surface area (Å²) in [5.41, 5.74) is 0. The van der Waals surface area contributed by atoms with Crippen molar-refractivity contribution in [3.63, 3.8) is 0 Å². The van der Waals surface area contributed by atoms with Crippen molar-refractivity contribution in [1.29, 1.82) is 0 Å². The summed E-state index contributed by atoms with van der Waals surface area (Å²) in [7, 11) is 0. The molecule has 9 heavy (non-hydrogen) atoms. The summed E-state index contributed by atoms with van der Waals surface area (Å²) in [6.45, 7) is 0. The van der Waals surface area contributed by atoms with E-state index in [9.17, 15) is 0 Å². The Morgan fingerprint density at radius 3 is 0.667 bits per heavy atom. The van der Waals surface area contributed by atoms with Crippen LogP contribution in [0, 0.1) is 0 Å². The van der Waals surface area contributed by atoms with Crippen molar-refractivity contribution in [2.45, 2.75) is 0 Å². The van der Waals surface area contributed by atoms with Crippen molar-refractivity contribution >= 4 is 34.0 Å². The molecule has 0 aliphatic carbocycles. The number of hydrogen-bond donors (Lipinski definition) is 0. The Morgan fingerprint density at radius 2 is 0.556 bits per heavy atom. The molecule has 0 N–H and O–H groups in total. The largest absolute Gasteiger partial charge is 0.114 e. The maximum atomic E-state index is 2.00. The molecule has 0 aliphatic rings. The van der Waals surface area contributed by atoms with E-state index in [1.54, 1.807) is 0 Å². The Hall–Kier alpha value is 0.803. The maximum absolute atomic E-state index is 2.00. The zero-order valence-corrected chi connectivity index (χ0v) is 9.80. The Bertz CT molecular complexity index is 83.0. The third-order valence-electron chi connectivity index (χ3n) is 0.667. The first-order valence-electron chi connectivity index (χ1n) is 2.00. The van der Waals surface area contributed by atoms with Crippen LogP contribution in [0.4, 0.5) is 0 Å². The minimum atomic E-state index is 0. The summed E-state index contributed by atoms with van der Waals surface area (Å²) >= 11 is 0. The molecule has 0 spiro atoms. The fourth-order valence-corrected chi connectivity index (χ4v) is 0.385. The van der Waals surface area contributed by atoms with Gasteiger partial charge >= 0.3 is 0 Å². The Labute approximate surface area is 89.3 Å². The van der Waals surface area contributed by atoms with Gasteiger partial charge in [0.15, 0.2) is 0 Å². The first-order valence-corrected chi connectivity index (χ1v) is 2.00. The molecule has 0 saturated heterocycles. The van der Waals surface area contributed by atoms with E-state index in [0.717, 1.165) is 0 Å². The van der Waals surface area contributed by atoms with Gasteiger partial charge in [0.2, 0.25) is 0 Å². The van der Waals surface area contributed by atoms with Crippen LogP contribution < -0.4 is 0 Å². The van der Waals surface area contributed by atoms with Crippen LogP contribution in [-0.4, -0.2) is 0 Å². The van der Waals surface area contributed by atoms with E-state index in [-0.39, 0.29) is 53.4 Å². The van der Waals surface area contributed by atoms with Crippen molar-refractivity contribution < 1.29 is 19.5 Å². The smallest absolute Gasteiger partial charge is 0 e. The van der Waals surface area contributed by atoms with Crippen LogP contribution in [0.5, 0.6) is 0 Å². The third-order valence-corrected chi connectivity index (χ3v) is 0.667. The van der Waals surface area contributed by atoms with Gasteiger partial charge in [0.1, 0.15) is 0 Å². The van der Waals surface area contributed by atoms with Crippen LogP contribution in [0.3, 0.4) is 0 Å². The summed E-state index contributed by atoms with van der Waals surface area (Å²) in [6, 6.07) is 12.0. The zero-order valence-electron chi connectivity index (χ0n) is 4.63. The molecule has 1 aromatic carbocycles. The van der Waals surface area contributed by atoms with Gasteiger partial charge in [0.05, 0.1) is 0 Å². The predicted octanol–water partition coefficient (Wildman–Crippen LogP) is 2.84. The summed E-state index contributed by atoms with van der Waals surface area (Å²) in [6.07, 6.45) is 0. The van der Waals surface area contributed by atoms with Gasteiger partial charge in [-0.25, -0.2) is 0 Å². The minimum Gasteiger partial charge on any atom is -0.114 e. The summed E-state index contributed by atoms with van der Waals surface area (Å²) < 4.78 is 0. The second-order valence-corrected chi connectivity index (χ2v) is 1.15. The molecule has 54 valence electrons. The van der Waals surface area contributed by atoms with Crippen LogP contribution in [0.2, 0.25) is 0 Å². The first kappa shape index (κ1) is 16.4. The van der Waals surface area contributed by atoms with Gasteiger partial charge in [0.25, 0.3) is 0 Å². The van der Waals surface area contributed by atoms with E-state index >= 15 is 0 Å². The van der Waals surface area contributed by atoms with Crippen molar-refractivity contribution in [3.05, 3.63) is 36.4 Å². The van der Waals surface area contributed by atoms with Crippen molar-refractivity contribution in [1.82, 2.24) is 0 Å². The fourth-order valence-electron chi connectivity index (χ4n) is 0.385. The molecule has 0 nitrogen and oxygen atoms in total. The average molecular weight is 341 g/mol. The molecule has 0 aliphatic heterocycles. The van der Waals surface area contributed by atoms with Gasteiger partial charge in [-0.3, -0.25) is 0 Å². The second kappa shape index (κ2) is 11.6. The zero-order chi connectivity index (χ0) is 4.24. The van der Waals surface area contributed by atoms with E-state index in [2.05, 4.69) is 0 Å². The van der Waals surface area contributed by atoms with Crippen LogP contribution in [0.15, 0.2) is 36.4 Å². The quantitative estimate of drug-likeness (QED) is 0.637.